The summed E-state index contributed by atoms with van der Waals surface area (Å²) < 4.78 is 23.5. The second-order valence-electron chi connectivity index (χ2n) is 3.37. The van der Waals surface area contributed by atoms with Gasteiger partial charge in [-0.25, -0.2) is 0 Å². The first-order valence-electron chi connectivity index (χ1n) is 5.64. The molecule has 1 rings (SSSR count). The molecule has 0 N–H and O–H groups in total. The maximum absolute atomic E-state index is 12.7. The Labute approximate surface area is 110 Å². The normalized spacial score (nSPS) is 13.6. The molecule has 0 fully saturated rings. The van der Waals surface area contributed by atoms with Gasteiger partial charge in [0.15, 0.2) is 0 Å². The molecule has 0 saturated carbocycles. The van der Waals surface area contributed by atoms with E-state index in [1.165, 1.54) is 0 Å². The second kappa shape index (κ2) is 7.35. The molecule has 0 aliphatic heterocycles. The van der Waals surface area contributed by atoms with Crippen LogP contribution in [-0.2, 0) is 13.6 Å². The fraction of sp³-hybridized carbons (Fsp3) is 0.500. The molecule has 0 aliphatic rings. The van der Waals surface area contributed by atoms with Crippen molar-refractivity contribution in [2.75, 3.05) is 13.2 Å². The van der Waals surface area contributed by atoms with Crippen molar-refractivity contribution in [2.45, 2.75) is 24.2 Å². The second-order valence-corrected chi connectivity index (χ2v) is 8.25. The van der Waals surface area contributed by atoms with Gasteiger partial charge in [0.05, 0.1) is 0 Å². The van der Waals surface area contributed by atoms with Gasteiger partial charge in [0.25, 0.3) is 0 Å². The van der Waals surface area contributed by atoms with Gasteiger partial charge >= 0.3 is 110 Å². The molecule has 0 amide bonds. The molecule has 1 unspecified atom stereocenters. The van der Waals surface area contributed by atoms with Crippen LogP contribution in [0.25, 0.3) is 0 Å². The van der Waals surface area contributed by atoms with Crippen molar-refractivity contribution in [1.82, 2.24) is 0 Å². The van der Waals surface area contributed by atoms with Crippen molar-refractivity contribution in [3.05, 3.63) is 35.9 Å². The summed E-state index contributed by atoms with van der Waals surface area (Å²) in [6, 6.07) is 9.84. The third kappa shape index (κ3) is 3.94. The Balaban J connectivity index is 3.01. The Hall–Kier alpha value is -0.111. The molecule has 3 nitrogen and oxygen atoms in total. The Morgan fingerprint density at radius 1 is 1.18 bits per heavy atom. The SMILES string of the molecule is CCOP(=O)(OCC)C([Se]C)c1ccccc1. The van der Waals surface area contributed by atoms with Gasteiger partial charge in [-0.05, 0) is 0 Å². The van der Waals surface area contributed by atoms with Gasteiger partial charge in [-0.3, -0.25) is 0 Å². The summed E-state index contributed by atoms with van der Waals surface area (Å²) in [6.07, 6.45) is 0. The molecule has 0 saturated heterocycles. The molecular weight excluding hydrogens is 302 g/mol. The fourth-order valence-electron chi connectivity index (χ4n) is 1.60. The van der Waals surface area contributed by atoms with Gasteiger partial charge in [0, 0.05) is 0 Å². The Morgan fingerprint density at radius 2 is 1.71 bits per heavy atom. The quantitative estimate of drug-likeness (QED) is 0.567. The maximum atomic E-state index is 12.7. The average molecular weight is 321 g/mol. The van der Waals surface area contributed by atoms with E-state index in [2.05, 4.69) is 5.82 Å². The summed E-state index contributed by atoms with van der Waals surface area (Å²) in [7, 11) is -3.02. The summed E-state index contributed by atoms with van der Waals surface area (Å²) >= 11 is 0.168. The minimum atomic E-state index is -3.02. The van der Waals surface area contributed by atoms with E-state index >= 15 is 0 Å². The van der Waals surface area contributed by atoms with Crippen LogP contribution in [0.3, 0.4) is 0 Å². The van der Waals surface area contributed by atoms with Crippen LogP contribution < -0.4 is 0 Å². The molecular formula is C12H19O3PSe. The van der Waals surface area contributed by atoms with E-state index in [0.29, 0.717) is 13.2 Å². The molecule has 1 aromatic rings. The summed E-state index contributed by atoms with van der Waals surface area (Å²) in [5.41, 5.74) is 1.04. The fourth-order valence-corrected chi connectivity index (χ4v) is 6.75. The van der Waals surface area contributed by atoms with E-state index in [1.807, 2.05) is 44.2 Å². The molecule has 1 atom stereocenters. The minimum absolute atomic E-state index is 0.115. The zero-order valence-electron chi connectivity index (χ0n) is 10.5. The first-order valence-corrected chi connectivity index (χ1v) is 9.95. The van der Waals surface area contributed by atoms with Gasteiger partial charge in [-0.2, -0.15) is 0 Å². The summed E-state index contributed by atoms with van der Waals surface area (Å²) in [6.45, 7) is 4.51. The first kappa shape index (κ1) is 14.9. The third-order valence-corrected chi connectivity index (χ3v) is 8.55. The van der Waals surface area contributed by atoms with E-state index in [1.54, 1.807) is 0 Å². The predicted octanol–water partition coefficient (Wildman–Crippen LogP) is 3.70. The summed E-state index contributed by atoms with van der Waals surface area (Å²) in [5.74, 6) is 2.06. The van der Waals surface area contributed by atoms with Crippen LogP contribution in [0, 0.1) is 0 Å². The predicted molar refractivity (Wildman–Crippen MR) is 71.7 cm³/mol. The average Bonchev–Trinajstić information content (AvgIpc) is 2.31. The van der Waals surface area contributed by atoms with Crippen LogP contribution >= 0.6 is 7.60 Å². The summed E-state index contributed by atoms with van der Waals surface area (Å²) in [4.78, 5) is 0. The molecule has 0 aliphatic carbocycles. The summed E-state index contributed by atoms with van der Waals surface area (Å²) in [5, 5.41) is 0. The zero-order valence-corrected chi connectivity index (χ0v) is 13.1. The molecule has 1 aromatic carbocycles. The van der Waals surface area contributed by atoms with E-state index in [4.69, 9.17) is 9.05 Å². The molecule has 0 bridgehead atoms. The molecule has 0 radical (unpaired) electrons. The van der Waals surface area contributed by atoms with E-state index < -0.39 is 7.60 Å². The van der Waals surface area contributed by atoms with Gasteiger partial charge in [-0.15, -0.1) is 0 Å². The van der Waals surface area contributed by atoms with Crippen LogP contribution in [0.15, 0.2) is 30.3 Å². The van der Waals surface area contributed by atoms with Crippen molar-refractivity contribution >= 4 is 22.6 Å². The van der Waals surface area contributed by atoms with Crippen molar-refractivity contribution in [1.29, 1.82) is 0 Å². The van der Waals surface area contributed by atoms with E-state index in [9.17, 15) is 4.57 Å². The third-order valence-electron chi connectivity index (χ3n) is 2.21. The number of rotatable bonds is 7. The molecule has 0 spiro atoms. The standard InChI is InChI=1S/C12H19O3PSe/c1-4-14-16(13,15-5-2)12(17-3)11-9-7-6-8-10-11/h6-10,12H,4-5H2,1-3H3. The van der Waals surface area contributed by atoms with Crippen LogP contribution in [0.2, 0.25) is 5.82 Å². The number of benzene rings is 1. The zero-order chi connectivity index (χ0) is 12.7. The molecule has 17 heavy (non-hydrogen) atoms. The van der Waals surface area contributed by atoms with E-state index in [-0.39, 0.29) is 19.5 Å². The van der Waals surface area contributed by atoms with Crippen molar-refractivity contribution in [2.24, 2.45) is 0 Å². The number of hydrogen-bond acceptors (Lipinski definition) is 3. The molecule has 96 valence electrons. The van der Waals surface area contributed by atoms with Crippen molar-refractivity contribution < 1.29 is 13.6 Å². The Morgan fingerprint density at radius 3 is 2.12 bits per heavy atom. The van der Waals surface area contributed by atoms with Crippen LogP contribution in [0.1, 0.15) is 24.0 Å². The first-order chi connectivity index (χ1) is 8.18. The van der Waals surface area contributed by atoms with Gasteiger partial charge in [0.1, 0.15) is 0 Å². The Kier molecular flexibility index (Phi) is 6.46. The van der Waals surface area contributed by atoms with Crippen LogP contribution in [0.4, 0.5) is 0 Å². The Bertz CT molecular complexity index is 359. The van der Waals surface area contributed by atoms with Gasteiger partial charge in [0.2, 0.25) is 0 Å². The van der Waals surface area contributed by atoms with Crippen molar-refractivity contribution in [3.8, 4) is 0 Å². The van der Waals surface area contributed by atoms with Gasteiger partial charge < -0.3 is 0 Å². The topological polar surface area (TPSA) is 35.5 Å². The molecule has 0 aromatic heterocycles. The van der Waals surface area contributed by atoms with Crippen molar-refractivity contribution in [3.63, 3.8) is 0 Å². The monoisotopic (exact) mass is 322 g/mol. The van der Waals surface area contributed by atoms with E-state index in [0.717, 1.165) is 5.56 Å². The van der Waals surface area contributed by atoms with Crippen LogP contribution in [-0.4, -0.2) is 28.2 Å². The molecule has 5 heteroatoms. The van der Waals surface area contributed by atoms with Crippen LogP contribution in [0.5, 0.6) is 0 Å². The van der Waals surface area contributed by atoms with Gasteiger partial charge in [-0.1, -0.05) is 0 Å². The molecule has 0 heterocycles. The number of hydrogen-bond donors (Lipinski definition) is 0.